The van der Waals surface area contributed by atoms with Gasteiger partial charge in [-0.1, -0.05) is 36.2 Å². The van der Waals surface area contributed by atoms with E-state index >= 15 is 0 Å². The van der Waals surface area contributed by atoms with E-state index in [-0.39, 0.29) is 0 Å². The van der Waals surface area contributed by atoms with E-state index in [1.807, 2.05) is 23.9 Å². The van der Waals surface area contributed by atoms with Crippen molar-refractivity contribution in [3.8, 4) is 0 Å². The zero-order valence-electron chi connectivity index (χ0n) is 6.81. The number of benzene rings is 1. The fourth-order valence-corrected chi connectivity index (χ4v) is 2.08. The molecule has 1 aromatic rings. The van der Waals surface area contributed by atoms with Gasteiger partial charge < -0.3 is 0 Å². The van der Waals surface area contributed by atoms with Crippen LogP contribution in [0.2, 0.25) is 10.0 Å². The molecule has 0 unspecified atom stereocenters. The van der Waals surface area contributed by atoms with E-state index < -0.39 is 0 Å². The quantitative estimate of drug-likeness (QED) is 0.735. The maximum atomic E-state index is 5.97. The average molecular weight is 221 g/mol. The Morgan fingerprint density at radius 2 is 2.08 bits per heavy atom. The molecule has 66 valence electrons. The third-order valence-corrected chi connectivity index (χ3v) is 2.99. The molecule has 3 heteroatoms. The lowest BCUT2D eigenvalue weighted by atomic mass is 10.2. The van der Waals surface area contributed by atoms with E-state index in [1.165, 1.54) is 0 Å². The first-order chi connectivity index (χ1) is 5.74. The predicted octanol–water partition coefficient (Wildman–Crippen LogP) is 4.25. The van der Waals surface area contributed by atoms with Gasteiger partial charge in [0, 0.05) is 15.8 Å². The Kier molecular flexibility index (Phi) is 4.27. The van der Waals surface area contributed by atoms with Crippen molar-refractivity contribution in [2.24, 2.45) is 0 Å². The summed E-state index contributed by atoms with van der Waals surface area (Å²) in [6, 6.07) is 5.64. The Morgan fingerprint density at radius 3 is 2.67 bits per heavy atom. The lowest BCUT2D eigenvalue weighted by Gasteiger charge is -2.02. The standard InChI is InChI=1S/C9H10Cl2S/c1-2-12-6-7-3-4-8(10)5-9(7)11/h3-5H,2,6H2,1H3. The van der Waals surface area contributed by atoms with Gasteiger partial charge in [-0.05, 0) is 23.4 Å². The molecular formula is C9H10Cl2S. The molecule has 0 heterocycles. The van der Waals surface area contributed by atoms with Crippen molar-refractivity contribution in [2.75, 3.05) is 5.75 Å². The first-order valence-corrected chi connectivity index (χ1v) is 5.66. The molecule has 0 spiro atoms. The Labute approximate surface area is 87.3 Å². The molecule has 0 aliphatic carbocycles. The summed E-state index contributed by atoms with van der Waals surface area (Å²) in [5, 5.41) is 1.47. The van der Waals surface area contributed by atoms with Gasteiger partial charge in [0.1, 0.15) is 0 Å². The topological polar surface area (TPSA) is 0 Å². The van der Waals surface area contributed by atoms with Crippen LogP contribution in [0, 0.1) is 0 Å². The molecule has 0 saturated heterocycles. The summed E-state index contributed by atoms with van der Waals surface area (Å²) in [4.78, 5) is 0. The molecule has 0 radical (unpaired) electrons. The second-order valence-corrected chi connectivity index (χ2v) is 4.49. The van der Waals surface area contributed by atoms with E-state index in [0.29, 0.717) is 5.02 Å². The largest absolute Gasteiger partial charge is 0.157 e. The molecule has 0 bridgehead atoms. The van der Waals surface area contributed by atoms with Crippen LogP contribution >= 0.6 is 35.0 Å². The summed E-state index contributed by atoms with van der Waals surface area (Å²) in [6.07, 6.45) is 0. The van der Waals surface area contributed by atoms with Gasteiger partial charge in [-0.15, -0.1) is 0 Å². The Bertz CT molecular complexity index is 261. The zero-order chi connectivity index (χ0) is 8.97. The van der Waals surface area contributed by atoms with Crippen LogP contribution in [0.5, 0.6) is 0 Å². The van der Waals surface area contributed by atoms with E-state index in [0.717, 1.165) is 22.1 Å². The fourth-order valence-electron chi connectivity index (χ4n) is 0.851. The van der Waals surface area contributed by atoms with Gasteiger partial charge in [-0.3, -0.25) is 0 Å². The SMILES string of the molecule is CCSCc1ccc(Cl)cc1Cl. The van der Waals surface area contributed by atoms with Crippen LogP contribution in [0.1, 0.15) is 12.5 Å². The van der Waals surface area contributed by atoms with E-state index in [4.69, 9.17) is 23.2 Å². The van der Waals surface area contributed by atoms with Crippen molar-refractivity contribution in [2.45, 2.75) is 12.7 Å². The van der Waals surface area contributed by atoms with E-state index in [2.05, 4.69) is 6.92 Å². The highest BCUT2D eigenvalue weighted by molar-refractivity contribution is 7.98. The van der Waals surface area contributed by atoms with Crippen molar-refractivity contribution in [3.05, 3.63) is 33.8 Å². The van der Waals surface area contributed by atoms with Crippen LogP contribution in [0.4, 0.5) is 0 Å². The van der Waals surface area contributed by atoms with Gasteiger partial charge in [0.15, 0.2) is 0 Å². The highest BCUT2D eigenvalue weighted by Crippen LogP contribution is 2.24. The van der Waals surface area contributed by atoms with E-state index in [9.17, 15) is 0 Å². The minimum atomic E-state index is 0.699. The van der Waals surface area contributed by atoms with Gasteiger partial charge in [0.2, 0.25) is 0 Å². The molecule has 0 nitrogen and oxygen atoms in total. The van der Waals surface area contributed by atoms with Gasteiger partial charge in [0.25, 0.3) is 0 Å². The minimum absolute atomic E-state index is 0.699. The molecule has 0 aliphatic heterocycles. The van der Waals surface area contributed by atoms with Gasteiger partial charge in [0.05, 0.1) is 0 Å². The molecule has 0 atom stereocenters. The van der Waals surface area contributed by atoms with E-state index in [1.54, 1.807) is 6.07 Å². The summed E-state index contributed by atoms with van der Waals surface area (Å²) in [6.45, 7) is 2.13. The number of hydrogen-bond acceptors (Lipinski definition) is 1. The Morgan fingerprint density at radius 1 is 1.33 bits per heavy atom. The van der Waals surface area contributed by atoms with Crippen molar-refractivity contribution < 1.29 is 0 Å². The monoisotopic (exact) mass is 220 g/mol. The molecule has 0 aromatic heterocycles. The maximum absolute atomic E-state index is 5.97. The highest BCUT2D eigenvalue weighted by Gasteiger charge is 1.99. The molecule has 0 saturated carbocycles. The van der Waals surface area contributed by atoms with Gasteiger partial charge in [-0.25, -0.2) is 0 Å². The summed E-state index contributed by atoms with van der Waals surface area (Å²) >= 11 is 13.6. The van der Waals surface area contributed by atoms with Crippen LogP contribution in [0.15, 0.2) is 18.2 Å². The van der Waals surface area contributed by atoms with Crippen LogP contribution < -0.4 is 0 Å². The maximum Gasteiger partial charge on any atom is 0.0461 e. The molecule has 12 heavy (non-hydrogen) atoms. The summed E-state index contributed by atoms with van der Waals surface area (Å²) in [5.74, 6) is 2.07. The number of halogens is 2. The second kappa shape index (κ2) is 5.00. The predicted molar refractivity (Wildman–Crippen MR) is 58.3 cm³/mol. The average Bonchev–Trinajstić information content (AvgIpc) is 2.03. The lowest BCUT2D eigenvalue weighted by molar-refractivity contribution is 1.39. The smallest absolute Gasteiger partial charge is 0.0461 e. The number of hydrogen-bond donors (Lipinski definition) is 0. The third-order valence-electron chi connectivity index (χ3n) is 1.48. The summed E-state index contributed by atoms with van der Waals surface area (Å²) in [5.41, 5.74) is 1.16. The zero-order valence-corrected chi connectivity index (χ0v) is 9.14. The van der Waals surface area contributed by atoms with Crippen LogP contribution in [0.25, 0.3) is 0 Å². The molecule has 1 rings (SSSR count). The van der Waals surface area contributed by atoms with Crippen molar-refractivity contribution in [1.82, 2.24) is 0 Å². The number of rotatable bonds is 3. The molecule has 0 fully saturated rings. The Balaban J connectivity index is 2.72. The van der Waals surface area contributed by atoms with Crippen molar-refractivity contribution in [1.29, 1.82) is 0 Å². The van der Waals surface area contributed by atoms with Crippen LogP contribution in [-0.4, -0.2) is 5.75 Å². The number of thioether (sulfide) groups is 1. The minimum Gasteiger partial charge on any atom is -0.157 e. The summed E-state index contributed by atoms with van der Waals surface area (Å²) in [7, 11) is 0. The molecule has 0 aliphatic rings. The fraction of sp³-hybridized carbons (Fsp3) is 0.333. The molecule has 0 amide bonds. The second-order valence-electron chi connectivity index (χ2n) is 2.37. The normalized spacial score (nSPS) is 10.2. The van der Waals surface area contributed by atoms with Gasteiger partial charge in [-0.2, -0.15) is 11.8 Å². The third kappa shape index (κ3) is 2.89. The van der Waals surface area contributed by atoms with Crippen LogP contribution in [-0.2, 0) is 5.75 Å². The lowest BCUT2D eigenvalue weighted by Crippen LogP contribution is -1.82. The molecular weight excluding hydrogens is 211 g/mol. The first-order valence-electron chi connectivity index (χ1n) is 3.75. The molecule has 1 aromatic carbocycles. The van der Waals surface area contributed by atoms with Crippen molar-refractivity contribution in [3.63, 3.8) is 0 Å². The Hall–Kier alpha value is 0.150. The van der Waals surface area contributed by atoms with Gasteiger partial charge >= 0.3 is 0 Å². The summed E-state index contributed by atoms with van der Waals surface area (Å²) < 4.78 is 0. The molecule has 0 N–H and O–H groups in total. The first kappa shape index (κ1) is 10.2. The van der Waals surface area contributed by atoms with Crippen molar-refractivity contribution >= 4 is 35.0 Å². The highest BCUT2D eigenvalue weighted by atomic mass is 35.5. The van der Waals surface area contributed by atoms with Crippen LogP contribution in [0.3, 0.4) is 0 Å².